The molecule has 1 aromatic rings. The molecular formula is C17H27N3O. The Kier molecular flexibility index (Phi) is 4.66. The Morgan fingerprint density at radius 3 is 2.76 bits per heavy atom. The van der Waals surface area contributed by atoms with Gasteiger partial charge in [0.1, 0.15) is 5.75 Å². The molecule has 0 radical (unpaired) electrons. The van der Waals surface area contributed by atoms with Crippen LogP contribution in [0.4, 0.5) is 5.69 Å². The number of methoxy groups -OCH3 is 1. The zero-order valence-corrected chi connectivity index (χ0v) is 13.3. The Morgan fingerprint density at radius 2 is 2.00 bits per heavy atom. The highest BCUT2D eigenvalue weighted by atomic mass is 16.5. The molecule has 0 aromatic heterocycles. The fourth-order valence-corrected chi connectivity index (χ4v) is 3.54. The van der Waals surface area contributed by atoms with Crippen LogP contribution in [0.3, 0.4) is 0 Å². The van der Waals surface area contributed by atoms with Gasteiger partial charge in [0.05, 0.1) is 7.11 Å². The van der Waals surface area contributed by atoms with Crippen molar-refractivity contribution in [3.63, 3.8) is 0 Å². The third kappa shape index (κ3) is 3.16. The summed E-state index contributed by atoms with van der Waals surface area (Å²) in [6, 6.07) is 4.55. The summed E-state index contributed by atoms with van der Waals surface area (Å²) in [7, 11) is 4.00. The molecule has 116 valence electrons. The van der Waals surface area contributed by atoms with E-state index in [0.29, 0.717) is 0 Å². The van der Waals surface area contributed by atoms with Crippen molar-refractivity contribution in [1.82, 2.24) is 10.2 Å². The highest BCUT2D eigenvalue weighted by Gasteiger charge is 2.20. The number of hydrogen-bond donors (Lipinski definition) is 1. The zero-order valence-electron chi connectivity index (χ0n) is 13.3. The third-order valence-electron chi connectivity index (χ3n) is 4.76. The molecule has 4 nitrogen and oxygen atoms in total. The Hall–Kier alpha value is -1.26. The second-order valence-electron chi connectivity index (χ2n) is 6.12. The number of benzene rings is 1. The number of fused-ring (bicyclic) bond motifs is 1. The van der Waals surface area contributed by atoms with E-state index in [2.05, 4.69) is 34.3 Å². The van der Waals surface area contributed by atoms with Crippen LogP contribution in [-0.2, 0) is 12.8 Å². The van der Waals surface area contributed by atoms with Crippen molar-refractivity contribution in [2.24, 2.45) is 0 Å². The highest BCUT2D eigenvalue weighted by molar-refractivity contribution is 5.63. The highest BCUT2D eigenvalue weighted by Crippen LogP contribution is 2.36. The van der Waals surface area contributed by atoms with Crippen LogP contribution >= 0.6 is 0 Å². The number of nitrogens with one attached hydrogen (secondary N) is 1. The van der Waals surface area contributed by atoms with Crippen molar-refractivity contribution in [2.45, 2.75) is 19.3 Å². The fourth-order valence-electron chi connectivity index (χ4n) is 3.54. The summed E-state index contributed by atoms with van der Waals surface area (Å²) < 4.78 is 5.77. The first kappa shape index (κ1) is 14.7. The minimum atomic E-state index is 1.08. The summed E-state index contributed by atoms with van der Waals surface area (Å²) in [5.41, 5.74) is 4.12. The van der Waals surface area contributed by atoms with Crippen molar-refractivity contribution in [1.29, 1.82) is 0 Å². The lowest BCUT2D eigenvalue weighted by Gasteiger charge is -2.30. The molecule has 0 unspecified atom stereocenters. The Balaban J connectivity index is 1.75. The summed E-state index contributed by atoms with van der Waals surface area (Å²) in [6.45, 7) is 6.84. The van der Waals surface area contributed by atoms with Crippen LogP contribution in [-0.4, -0.2) is 58.3 Å². The van der Waals surface area contributed by atoms with Crippen molar-refractivity contribution < 1.29 is 4.74 Å². The number of piperazine rings is 1. The van der Waals surface area contributed by atoms with Crippen molar-refractivity contribution >= 4 is 5.69 Å². The molecule has 2 aliphatic rings. The molecule has 3 rings (SSSR count). The average Bonchev–Trinajstić information content (AvgIpc) is 2.53. The molecule has 2 aliphatic heterocycles. The summed E-state index contributed by atoms with van der Waals surface area (Å²) >= 11 is 0. The van der Waals surface area contributed by atoms with Gasteiger partial charge in [-0.2, -0.15) is 0 Å². The maximum Gasteiger partial charge on any atom is 0.127 e. The minimum Gasteiger partial charge on any atom is -0.496 e. The van der Waals surface area contributed by atoms with Gasteiger partial charge in [-0.05, 0) is 30.9 Å². The Morgan fingerprint density at radius 1 is 1.19 bits per heavy atom. The van der Waals surface area contributed by atoms with Crippen LogP contribution in [0.25, 0.3) is 0 Å². The maximum atomic E-state index is 5.77. The lowest BCUT2D eigenvalue weighted by Crippen LogP contribution is -2.44. The topological polar surface area (TPSA) is 27.7 Å². The van der Waals surface area contributed by atoms with Crippen LogP contribution < -0.4 is 15.0 Å². The summed E-state index contributed by atoms with van der Waals surface area (Å²) in [5.74, 6) is 1.13. The quantitative estimate of drug-likeness (QED) is 0.910. The largest absolute Gasteiger partial charge is 0.496 e. The molecule has 4 heteroatoms. The van der Waals surface area contributed by atoms with E-state index in [9.17, 15) is 0 Å². The summed E-state index contributed by atoms with van der Waals surface area (Å²) in [5, 5.41) is 3.41. The predicted molar refractivity (Wildman–Crippen MR) is 87.6 cm³/mol. The fraction of sp³-hybridized carbons (Fsp3) is 0.647. The van der Waals surface area contributed by atoms with E-state index in [1.54, 1.807) is 0 Å². The molecule has 2 heterocycles. The van der Waals surface area contributed by atoms with E-state index in [-0.39, 0.29) is 0 Å². The van der Waals surface area contributed by atoms with E-state index in [0.717, 1.165) is 57.9 Å². The lowest BCUT2D eigenvalue weighted by molar-refractivity contribution is 0.243. The zero-order chi connectivity index (χ0) is 14.7. The molecule has 1 saturated heterocycles. The molecule has 0 spiro atoms. The van der Waals surface area contributed by atoms with Crippen molar-refractivity contribution in [2.75, 3.05) is 58.3 Å². The van der Waals surface area contributed by atoms with E-state index in [1.165, 1.54) is 23.2 Å². The maximum absolute atomic E-state index is 5.77. The lowest BCUT2D eigenvalue weighted by atomic mass is 9.96. The number of hydrogen-bond acceptors (Lipinski definition) is 4. The minimum absolute atomic E-state index is 1.08. The molecule has 0 aliphatic carbocycles. The Bertz CT molecular complexity index is 483. The van der Waals surface area contributed by atoms with Gasteiger partial charge in [-0.1, -0.05) is 6.07 Å². The molecule has 0 amide bonds. The van der Waals surface area contributed by atoms with Crippen LogP contribution in [0.1, 0.15) is 17.5 Å². The SMILES string of the molecule is COc1c(CCN2CCNCC2)ccc2c1CCCN2C. The molecule has 0 bridgehead atoms. The van der Waals surface area contributed by atoms with Gasteiger partial charge in [0.2, 0.25) is 0 Å². The predicted octanol–water partition coefficient (Wildman–Crippen LogP) is 1.53. The van der Waals surface area contributed by atoms with Gasteiger partial charge in [0.15, 0.2) is 0 Å². The van der Waals surface area contributed by atoms with Gasteiger partial charge in [-0.3, -0.25) is 0 Å². The van der Waals surface area contributed by atoms with Crippen molar-refractivity contribution in [3.8, 4) is 5.75 Å². The molecule has 0 atom stereocenters. The van der Waals surface area contributed by atoms with E-state index < -0.39 is 0 Å². The van der Waals surface area contributed by atoms with Crippen LogP contribution in [0.5, 0.6) is 5.75 Å². The van der Waals surface area contributed by atoms with E-state index in [1.807, 2.05) is 7.11 Å². The molecule has 21 heavy (non-hydrogen) atoms. The van der Waals surface area contributed by atoms with Crippen LogP contribution in [0.15, 0.2) is 12.1 Å². The number of ether oxygens (including phenoxy) is 1. The first-order valence-electron chi connectivity index (χ1n) is 8.12. The van der Waals surface area contributed by atoms with Gasteiger partial charge in [-0.25, -0.2) is 0 Å². The van der Waals surface area contributed by atoms with Crippen molar-refractivity contribution in [3.05, 3.63) is 23.3 Å². The van der Waals surface area contributed by atoms with Crippen LogP contribution in [0, 0.1) is 0 Å². The second-order valence-corrected chi connectivity index (χ2v) is 6.12. The van der Waals surface area contributed by atoms with Gasteiger partial charge in [-0.15, -0.1) is 0 Å². The molecular weight excluding hydrogens is 262 g/mol. The first-order chi connectivity index (χ1) is 10.3. The normalized spacial score (nSPS) is 19.4. The summed E-state index contributed by atoms with van der Waals surface area (Å²) in [6.07, 6.45) is 3.45. The van der Waals surface area contributed by atoms with Crippen LogP contribution in [0.2, 0.25) is 0 Å². The molecule has 1 N–H and O–H groups in total. The summed E-state index contributed by atoms with van der Waals surface area (Å²) in [4.78, 5) is 4.89. The molecule has 0 saturated carbocycles. The number of anilines is 1. The molecule has 1 fully saturated rings. The number of nitrogens with zero attached hydrogens (tertiary/aromatic N) is 2. The number of rotatable bonds is 4. The standard InChI is InChI=1S/C17H27N3O/c1-19-10-3-4-15-16(19)6-5-14(17(15)21-2)7-11-20-12-8-18-9-13-20/h5-6,18H,3-4,7-13H2,1-2H3. The third-order valence-corrected chi connectivity index (χ3v) is 4.76. The Labute approximate surface area is 128 Å². The van der Waals surface area contributed by atoms with Gasteiger partial charge >= 0.3 is 0 Å². The van der Waals surface area contributed by atoms with Gasteiger partial charge < -0.3 is 19.9 Å². The smallest absolute Gasteiger partial charge is 0.127 e. The first-order valence-corrected chi connectivity index (χ1v) is 8.12. The van der Waals surface area contributed by atoms with Gasteiger partial charge in [0, 0.05) is 57.6 Å². The molecule has 1 aromatic carbocycles. The van der Waals surface area contributed by atoms with E-state index >= 15 is 0 Å². The van der Waals surface area contributed by atoms with E-state index in [4.69, 9.17) is 4.74 Å². The average molecular weight is 289 g/mol. The second kappa shape index (κ2) is 6.67. The monoisotopic (exact) mass is 289 g/mol. The van der Waals surface area contributed by atoms with Gasteiger partial charge in [0.25, 0.3) is 0 Å².